The maximum absolute atomic E-state index is 5.76. The fourth-order valence-corrected chi connectivity index (χ4v) is 2.92. The first-order valence-electron chi connectivity index (χ1n) is 7.55. The number of nitrogens with one attached hydrogen (secondary N) is 1. The topological polar surface area (TPSA) is 34.2 Å². The fraction of sp³-hybridized carbons (Fsp3) is 0.471. The molecular formula is C17H24N2OS. The number of ether oxygens (including phenoxy) is 1. The van der Waals surface area contributed by atoms with Gasteiger partial charge in [0, 0.05) is 12.2 Å². The van der Waals surface area contributed by atoms with Crippen LogP contribution in [0.3, 0.4) is 0 Å². The van der Waals surface area contributed by atoms with Crippen molar-refractivity contribution in [1.29, 1.82) is 0 Å². The van der Waals surface area contributed by atoms with Crippen LogP contribution in [0.25, 0.3) is 0 Å². The lowest BCUT2D eigenvalue weighted by molar-refractivity contribution is 0.241. The van der Waals surface area contributed by atoms with Crippen LogP contribution >= 0.6 is 11.3 Å². The van der Waals surface area contributed by atoms with Gasteiger partial charge in [0.1, 0.15) is 5.75 Å². The van der Waals surface area contributed by atoms with Crippen molar-refractivity contribution in [2.75, 3.05) is 6.54 Å². The van der Waals surface area contributed by atoms with Gasteiger partial charge in [0.05, 0.1) is 12.3 Å². The fourth-order valence-electron chi connectivity index (χ4n) is 2.23. The lowest BCUT2D eigenvalue weighted by Crippen LogP contribution is -2.24. The zero-order valence-electron chi connectivity index (χ0n) is 13.0. The third kappa shape index (κ3) is 5.14. The molecule has 0 saturated carbocycles. The van der Waals surface area contributed by atoms with Crippen LogP contribution in [0.2, 0.25) is 0 Å². The average molecular weight is 304 g/mol. The van der Waals surface area contributed by atoms with Crippen molar-refractivity contribution in [1.82, 2.24) is 10.3 Å². The summed E-state index contributed by atoms with van der Waals surface area (Å²) in [6.45, 7) is 7.25. The van der Waals surface area contributed by atoms with E-state index in [0.717, 1.165) is 25.1 Å². The van der Waals surface area contributed by atoms with Crippen LogP contribution in [0, 0.1) is 0 Å². The Kier molecular flexibility index (Phi) is 6.21. The zero-order chi connectivity index (χ0) is 15.1. The number of pyridine rings is 1. The van der Waals surface area contributed by atoms with E-state index >= 15 is 0 Å². The Morgan fingerprint density at radius 3 is 2.86 bits per heavy atom. The van der Waals surface area contributed by atoms with Gasteiger partial charge >= 0.3 is 0 Å². The summed E-state index contributed by atoms with van der Waals surface area (Å²) >= 11 is 1.74. The first-order valence-corrected chi connectivity index (χ1v) is 8.49. The Labute approximate surface area is 131 Å². The van der Waals surface area contributed by atoms with E-state index in [2.05, 4.69) is 40.1 Å². The van der Waals surface area contributed by atoms with Crippen molar-refractivity contribution < 1.29 is 4.74 Å². The van der Waals surface area contributed by atoms with E-state index in [1.807, 2.05) is 20.0 Å². The van der Waals surface area contributed by atoms with Crippen LogP contribution in [0.1, 0.15) is 44.4 Å². The van der Waals surface area contributed by atoms with E-state index in [1.165, 1.54) is 11.1 Å². The maximum atomic E-state index is 5.76. The summed E-state index contributed by atoms with van der Waals surface area (Å²) in [6.07, 6.45) is 5.99. The standard InChI is InChI=1S/C17H24N2OS/c1-4-6-19-17(8-14-5-7-21-12-14)15-9-16(11-18-10-15)20-13(2)3/h5,7,9-13,17,19H,4,6,8H2,1-3H3. The van der Waals surface area contributed by atoms with Gasteiger partial charge in [0.2, 0.25) is 0 Å². The van der Waals surface area contributed by atoms with Gasteiger partial charge in [-0.1, -0.05) is 6.92 Å². The second-order valence-corrected chi connectivity index (χ2v) is 6.24. The number of nitrogens with zero attached hydrogens (tertiary/aromatic N) is 1. The molecule has 0 radical (unpaired) electrons. The maximum Gasteiger partial charge on any atom is 0.138 e. The summed E-state index contributed by atoms with van der Waals surface area (Å²) in [5.41, 5.74) is 2.55. The molecule has 0 amide bonds. The molecule has 0 aliphatic carbocycles. The molecule has 0 spiro atoms. The predicted molar refractivity (Wildman–Crippen MR) is 89.1 cm³/mol. The van der Waals surface area contributed by atoms with Crippen LogP contribution in [0.15, 0.2) is 35.3 Å². The Bertz CT molecular complexity index is 525. The molecule has 1 atom stereocenters. The van der Waals surface area contributed by atoms with Crippen LogP contribution in [-0.4, -0.2) is 17.6 Å². The summed E-state index contributed by atoms with van der Waals surface area (Å²) in [6, 6.07) is 4.57. The molecule has 21 heavy (non-hydrogen) atoms. The third-order valence-corrected chi connectivity index (χ3v) is 3.90. The second kappa shape index (κ2) is 8.15. The van der Waals surface area contributed by atoms with Gasteiger partial charge in [-0.3, -0.25) is 4.98 Å². The van der Waals surface area contributed by atoms with Gasteiger partial charge in [-0.15, -0.1) is 0 Å². The second-order valence-electron chi connectivity index (χ2n) is 5.46. The number of thiophene rings is 1. The molecule has 3 nitrogen and oxygen atoms in total. The Morgan fingerprint density at radius 1 is 1.33 bits per heavy atom. The van der Waals surface area contributed by atoms with Crippen LogP contribution < -0.4 is 10.1 Å². The molecule has 0 aromatic carbocycles. The van der Waals surface area contributed by atoms with Gasteiger partial charge in [0.15, 0.2) is 0 Å². The van der Waals surface area contributed by atoms with Gasteiger partial charge < -0.3 is 10.1 Å². The van der Waals surface area contributed by atoms with Crippen molar-refractivity contribution in [3.05, 3.63) is 46.4 Å². The number of hydrogen-bond acceptors (Lipinski definition) is 4. The highest BCUT2D eigenvalue weighted by Gasteiger charge is 2.13. The van der Waals surface area contributed by atoms with E-state index < -0.39 is 0 Å². The van der Waals surface area contributed by atoms with E-state index in [-0.39, 0.29) is 12.1 Å². The molecule has 1 unspecified atom stereocenters. The monoisotopic (exact) mass is 304 g/mol. The molecule has 0 saturated heterocycles. The summed E-state index contributed by atoms with van der Waals surface area (Å²) in [4.78, 5) is 4.33. The molecule has 0 bridgehead atoms. The molecule has 1 N–H and O–H groups in total. The van der Waals surface area contributed by atoms with Crippen molar-refractivity contribution in [3.8, 4) is 5.75 Å². The molecule has 2 aromatic heterocycles. The van der Waals surface area contributed by atoms with E-state index in [1.54, 1.807) is 17.5 Å². The summed E-state index contributed by atoms with van der Waals surface area (Å²) < 4.78 is 5.76. The van der Waals surface area contributed by atoms with Crippen LogP contribution in [0.4, 0.5) is 0 Å². The average Bonchev–Trinajstić information content (AvgIpc) is 2.96. The Balaban J connectivity index is 2.14. The summed E-state index contributed by atoms with van der Waals surface area (Å²) in [7, 11) is 0. The van der Waals surface area contributed by atoms with Crippen LogP contribution in [-0.2, 0) is 6.42 Å². The van der Waals surface area contributed by atoms with Crippen LogP contribution in [0.5, 0.6) is 5.75 Å². The normalized spacial score (nSPS) is 12.6. The molecule has 2 heterocycles. The largest absolute Gasteiger partial charge is 0.489 e. The molecule has 0 aliphatic heterocycles. The van der Waals surface area contributed by atoms with Gasteiger partial charge in [-0.05, 0) is 67.3 Å². The minimum atomic E-state index is 0.168. The summed E-state index contributed by atoms with van der Waals surface area (Å²) in [5.74, 6) is 0.844. The lowest BCUT2D eigenvalue weighted by atomic mass is 10.0. The zero-order valence-corrected chi connectivity index (χ0v) is 13.8. The van der Waals surface area contributed by atoms with Crippen molar-refractivity contribution in [3.63, 3.8) is 0 Å². The molecule has 2 aromatic rings. The number of rotatable bonds is 8. The van der Waals surface area contributed by atoms with E-state index in [4.69, 9.17) is 4.74 Å². The third-order valence-electron chi connectivity index (χ3n) is 3.17. The molecular weight excluding hydrogens is 280 g/mol. The summed E-state index contributed by atoms with van der Waals surface area (Å²) in [5, 5.41) is 7.95. The molecule has 0 aliphatic rings. The molecule has 0 fully saturated rings. The molecule has 2 rings (SSSR count). The number of aromatic nitrogens is 1. The van der Waals surface area contributed by atoms with E-state index in [0.29, 0.717) is 0 Å². The SMILES string of the molecule is CCCNC(Cc1ccsc1)c1cncc(OC(C)C)c1. The van der Waals surface area contributed by atoms with Gasteiger partial charge in [0.25, 0.3) is 0 Å². The smallest absolute Gasteiger partial charge is 0.138 e. The molecule has 114 valence electrons. The number of hydrogen-bond donors (Lipinski definition) is 1. The van der Waals surface area contributed by atoms with E-state index in [9.17, 15) is 0 Å². The lowest BCUT2D eigenvalue weighted by Gasteiger charge is -2.19. The highest BCUT2D eigenvalue weighted by atomic mass is 32.1. The highest BCUT2D eigenvalue weighted by Crippen LogP contribution is 2.23. The Morgan fingerprint density at radius 2 is 2.19 bits per heavy atom. The minimum absolute atomic E-state index is 0.168. The highest BCUT2D eigenvalue weighted by molar-refractivity contribution is 7.07. The van der Waals surface area contributed by atoms with Gasteiger partial charge in [-0.25, -0.2) is 0 Å². The quantitative estimate of drug-likeness (QED) is 0.793. The molecule has 4 heteroatoms. The first kappa shape index (κ1) is 16.0. The van der Waals surface area contributed by atoms with Gasteiger partial charge in [-0.2, -0.15) is 11.3 Å². The predicted octanol–water partition coefficient (Wildman–Crippen LogP) is 4.21. The first-order chi connectivity index (χ1) is 10.2. The Hall–Kier alpha value is -1.39. The minimum Gasteiger partial charge on any atom is -0.489 e. The van der Waals surface area contributed by atoms with Crippen molar-refractivity contribution in [2.24, 2.45) is 0 Å². The van der Waals surface area contributed by atoms with Crippen molar-refractivity contribution in [2.45, 2.75) is 45.8 Å². The van der Waals surface area contributed by atoms with Crippen molar-refractivity contribution >= 4 is 11.3 Å².